The predicted octanol–water partition coefficient (Wildman–Crippen LogP) is 4.90. The second-order valence-electron chi connectivity index (χ2n) is 4.76. The average molecular weight is 310 g/mol. The molecule has 0 saturated carbocycles. The maximum absolute atomic E-state index is 6.16. The van der Waals surface area contributed by atoms with Gasteiger partial charge in [-0.2, -0.15) is 0 Å². The van der Waals surface area contributed by atoms with Gasteiger partial charge >= 0.3 is 0 Å². The van der Waals surface area contributed by atoms with Crippen LogP contribution in [0.25, 0.3) is 0 Å². The van der Waals surface area contributed by atoms with Crippen LogP contribution in [0.3, 0.4) is 0 Å². The summed E-state index contributed by atoms with van der Waals surface area (Å²) in [5.74, 6) is 1.55. The summed E-state index contributed by atoms with van der Waals surface area (Å²) >= 11 is 12.2. The Bertz CT molecular complexity index is 603. The molecule has 0 amide bonds. The molecule has 0 aromatic heterocycles. The van der Waals surface area contributed by atoms with Crippen molar-refractivity contribution in [1.82, 2.24) is 0 Å². The van der Waals surface area contributed by atoms with E-state index in [1.165, 1.54) is 0 Å². The molecule has 2 rings (SSSR count). The molecule has 0 atom stereocenters. The highest BCUT2D eigenvalue weighted by Crippen LogP contribution is 2.32. The van der Waals surface area contributed by atoms with Crippen molar-refractivity contribution >= 4 is 23.2 Å². The zero-order chi connectivity index (χ0) is 14.7. The van der Waals surface area contributed by atoms with Crippen LogP contribution in [-0.2, 0) is 6.42 Å². The van der Waals surface area contributed by atoms with E-state index in [-0.39, 0.29) is 0 Å². The highest BCUT2D eigenvalue weighted by Gasteiger charge is 2.08. The van der Waals surface area contributed by atoms with Crippen LogP contribution in [0.15, 0.2) is 30.3 Å². The molecule has 2 nitrogen and oxygen atoms in total. The minimum absolute atomic E-state index is 0.551. The topological polar surface area (TPSA) is 35.2 Å². The molecule has 2 aromatic carbocycles. The monoisotopic (exact) mass is 309 g/mol. The van der Waals surface area contributed by atoms with Gasteiger partial charge in [0.1, 0.15) is 11.5 Å². The van der Waals surface area contributed by atoms with E-state index in [9.17, 15) is 0 Å². The van der Waals surface area contributed by atoms with E-state index < -0.39 is 0 Å². The quantitative estimate of drug-likeness (QED) is 0.871. The fraction of sp³-hybridized carbons (Fsp3) is 0.250. The Morgan fingerprint density at radius 3 is 2.30 bits per heavy atom. The number of nitrogens with two attached hydrogens (primary N) is 1. The molecule has 2 N–H and O–H groups in total. The van der Waals surface area contributed by atoms with Gasteiger partial charge < -0.3 is 10.5 Å². The highest BCUT2D eigenvalue weighted by molar-refractivity contribution is 6.32. The molecule has 0 heterocycles. The summed E-state index contributed by atoms with van der Waals surface area (Å²) in [6.07, 6.45) is 0.724. The third-order valence-corrected chi connectivity index (χ3v) is 3.91. The molecule has 0 aliphatic heterocycles. The summed E-state index contributed by atoms with van der Waals surface area (Å²) in [5.41, 5.74) is 8.62. The molecule has 0 saturated heterocycles. The van der Waals surface area contributed by atoms with Crippen LogP contribution in [0.1, 0.15) is 16.7 Å². The molecule has 0 aliphatic rings. The predicted molar refractivity (Wildman–Crippen MR) is 85.2 cm³/mol. The van der Waals surface area contributed by atoms with Gasteiger partial charge in [-0.1, -0.05) is 23.2 Å². The van der Waals surface area contributed by atoms with Crippen LogP contribution in [0.5, 0.6) is 11.5 Å². The van der Waals surface area contributed by atoms with Crippen molar-refractivity contribution in [2.24, 2.45) is 5.73 Å². The first-order valence-corrected chi connectivity index (χ1v) is 7.20. The van der Waals surface area contributed by atoms with Crippen LogP contribution < -0.4 is 10.5 Å². The van der Waals surface area contributed by atoms with Crippen molar-refractivity contribution in [2.75, 3.05) is 6.54 Å². The Morgan fingerprint density at radius 1 is 1.05 bits per heavy atom. The third kappa shape index (κ3) is 3.45. The van der Waals surface area contributed by atoms with Crippen molar-refractivity contribution in [3.8, 4) is 11.5 Å². The second-order valence-corrected chi connectivity index (χ2v) is 5.58. The Morgan fingerprint density at radius 2 is 1.70 bits per heavy atom. The lowest BCUT2D eigenvalue weighted by Crippen LogP contribution is -2.04. The van der Waals surface area contributed by atoms with Gasteiger partial charge in [0.25, 0.3) is 0 Å². The molecule has 4 heteroatoms. The number of benzene rings is 2. The summed E-state index contributed by atoms with van der Waals surface area (Å²) in [7, 11) is 0. The van der Waals surface area contributed by atoms with Crippen molar-refractivity contribution in [2.45, 2.75) is 20.3 Å². The lowest BCUT2D eigenvalue weighted by atomic mass is 10.1. The van der Waals surface area contributed by atoms with Gasteiger partial charge in [-0.25, -0.2) is 0 Å². The van der Waals surface area contributed by atoms with Crippen molar-refractivity contribution in [3.05, 3.63) is 57.1 Å². The van der Waals surface area contributed by atoms with Crippen LogP contribution >= 0.6 is 23.2 Å². The molecule has 0 radical (unpaired) electrons. The minimum Gasteiger partial charge on any atom is -0.457 e. The summed E-state index contributed by atoms with van der Waals surface area (Å²) in [5, 5.41) is 1.46. The Kier molecular flexibility index (Phi) is 4.92. The normalized spacial score (nSPS) is 10.7. The molecule has 0 fully saturated rings. The van der Waals surface area contributed by atoms with E-state index >= 15 is 0 Å². The molecule has 0 spiro atoms. The lowest BCUT2D eigenvalue weighted by Gasteiger charge is -2.13. The molecule has 0 unspecified atom stereocenters. The van der Waals surface area contributed by atoms with Gasteiger partial charge in [0, 0.05) is 10.0 Å². The largest absolute Gasteiger partial charge is 0.457 e. The molecule has 2 aromatic rings. The van der Waals surface area contributed by atoms with Crippen molar-refractivity contribution in [3.63, 3.8) is 0 Å². The number of hydrogen-bond acceptors (Lipinski definition) is 2. The van der Waals surface area contributed by atoms with E-state index in [0.717, 1.165) is 39.6 Å². The fourth-order valence-corrected chi connectivity index (χ4v) is 2.39. The van der Waals surface area contributed by atoms with E-state index in [1.807, 2.05) is 44.2 Å². The Balaban J connectivity index is 2.34. The first kappa shape index (κ1) is 15.2. The fourth-order valence-electron chi connectivity index (χ4n) is 2.09. The standard InChI is InChI=1S/C16H17Cl2NO/c1-10-7-14(8-11(2)16(10)18)20-15-4-3-13(17)9-12(15)5-6-19/h3-4,7-9H,5-6,19H2,1-2H3. The number of hydrogen-bond donors (Lipinski definition) is 1. The second kappa shape index (κ2) is 6.49. The lowest BCUT2D eigenvalue weighted by molar-refractivity contribution is 0.475. The maximum atomic E-state index is 6.16. The summed E-state index contributed by atoms with van der Waals surface area (Å²) in [6.45, 7) is 4.48. The number of rotatable bonds is 4. The van der Waals surface area contributed by atoms with Gasteiger partial charge in [0.2, 0.25) is 0 Å². The van der Waals surface area contributed by atoms with Crippen molar-refractivity contribution < 1.29 is 4.74 Å². The molecular weight excluding hydrogens is 293 g/mol. The van der Waals surface area contributed by atoms with E-state index in [0.29, 0.717) is 11.6 Å². The molecular formula is C16H17Cl2NO. The van der Waals surface area contributed by atoms with Gasteiger partial charge in [-0.3, -0.25) is 0 Å². The van der Waals surface area contributed by atoms with Crippen LogP contribution in [0.2, 0.25) is 10.0 Å². The zero-order valence-electron chi connectivity index (χ0n) is 11.5. The summed E-state index contributed by atoms with van der Waals surface area (Å²) < 4.78 is 5.96. The van der Waals surface area contributed by atoms with Crippen LogP contribution in [0, 0.1) is 13.8 Å². The van der Waals surface area contributed by atoms with Gasteiger partial charge in [-0.15, -0.1) is 0 Å². The first-order chi connectivity index (χ1) is 9.51. The highest BCUT2D eigenvalue weighted by atomic mass is 35.5. The number of ether oxygens (including phenoxy) is 1. The van der Waals surface area contributed by atoms with E-state index in [4.69, 9.17) is 33.7 Å². The number of aryl methyl sites for hydroxylation is 2. The zero-order valence-corrected chi connectivity index (χ0v) is 13.1. The van der Waals surface area contributed by atoms with Crippen LogP contribution in [0.4, 0.5) is 0 Å². The molecule has 0 bridgehead atoms. The van der Waals surface area contributed by atoms with Crippen LogP contribution in [-0.4, -0.2) is 6.54 Å². The first-order valence-electron chi connectivity index (χ1n) is 6.44. The SMILES string of the molecule is Cc1cc(Oc2ccc(Cl)cc2CCN)cc(C)c1Cl. The average Bonchev–Trinajstić information content (AvgIpc) is 2.39. The summed E-state index contributed by atoms with van der Waals surface area (Å²) in [6, 6.07) is 9.42. The van der Waals surface area contributed by atoms with E-state index in [1.54, 1.807) is 0 Å². The van der Waals surface area contributed by atoms with Gasteiger partial charge in [-0.05, 0) is 73.8 Å². The molecule has 106 valence electrons. The Labute approximate surface area is 129 Å². The van der Waals surface area contributed by atoms with Gasteiger partial charge in [0.05, 0.1) is 0 Å². The maximum Gasteiger partial charge on any atom is 0.130 e. The summed E-state index contributed by atoms with van der Waals surface area (Å²) in [4.78, 5) is 0. The number of halogens is 2. The smallest absolute Gasteiger partial charge is 0.130 e. The van der Waals surface area contributed by atoms with E-state index in [2.05, 4.69) is 0 Å². The molecule has 0 aliphatic carbocycles. The third-order valence-electron chi connectivity index (χ3n) is 3.07. The van der Waals surface area contributed by atoms with Crippen molar-refractivity contribution in [1.29, 1.82) is 0 Å². The molecule has 20 heavy (non-hydrogen) atoms. The minimum atomic E-state index is 0.551. The van der Waals surface area contributed by atoms with Gasteiger partial charge in [0.15, 0.2) is 0 Å². The Hall–Kier alpha value is -1.22.